The largest absolute Gasteiger partial charge is 0.461 e. The maximum absolute atomic E-state index is 11.6. The van der Waals surface area contributed by atoms with Crippen molar-refractivity contribution in [2.45, 2.75) is 33.4 Å². The number of hydrogen-bond donors (Lipinski definition) is 1. The second-order valence-corrected chi connectivity index (χ2v) is 6.60. The lowest BCUT2D eigenvalue weighted by Crippen LogP contribution is -2.16. The Kier molecular flexibility index (Phi) is 6.08. The molecule has 0 radical (unpaired) electrons. The predicted octanol–water partition coefficient (Wildman–Crippen LogP) is -0.262. The number of aromatic nitrogens is 3. The third-order valence-electron chi connectivity index (χ3n) is 2.76. The number of rotatable bonds is 8. The molecule has 0 amide bonds. The fourth-order valence-corrected chi connectivity index (χ4v) is 2.51. The van der Waals surface area contributed by atoms with Crippen LogP contribution >= 0.6 is 0 Å². The Balaban J connectivity index is 2.74. The van der Waals surface area contributed by atoms with E-state index >= 15 is 0 Å². The van der Waals surface area contributed by atoms with Crippen LogP contribution in [0, 0.1) is 0 Å². The number of carbonyl (C=O) groups is 1. The van der Waals surface area contributed by atoms with Crippen molar-refractivity contribution >= 4 is 15.8 Å². The third kappa shape index (κ3) is 4.27. The van der Waals surface area contributed by atoms with Gasteiger partial charge in [-0.3, -0.25) is 0 Å². The Hall–Kier alpha value is -1.48. The lowest BCUT2D eigenvalue weighted by molar-refractivity contribution is 0.0518. The van der Waals surface area contributed by atoms with Gasteiger partial charge in [0.25, 0.3) is 0 Å². The smallest absolute Gasteiger partial charge is 0.360 e. The van der Waals surface area contributed by atoms with Crippen LogP contribution < -0.4 is 5.73 Å². The van der Waals surface area contributed by atoms with Gasteiger partial charge in [-0.15, -0.1) is 5.10 Å². The Labute approximate surface area is 118 Å². The molecular formula is C11H20N4O4S. The zero-order valence-corrected chi connectivity index (χ0v) is 12.5. The molecule has 0 aliphatic heterocycles. The number of sulfone groups is 1. The highest BCUT2D eigenvalue weighted by atomic mass is 32.2. The normalized spacial score (nSPS) is 11.6. The monoisotopic (exact) mass is 304 g/mol. The first-order chi connectivity index (χ1) is 9.45. The van der Waals surface area contributed by atoms with Gasteiger partial charge < -0.3 is 10.5 Å². The lowest BCUT2D eigenvalue weighted by Gasteiger charge is -2.06. The zero-order chi connectivity index (χ0) is 15.2. The molecule has 0 fully saturated rings. The van der Waals surface area contributed by atoms with E-state index in [9.17, 15) is 13.2 Å². The van der Waals surface area contributed by atoms with E-state index in [1.807, 2.05) is 0 Å². The zero-order valence-electron chi connectivity index (χ0n) is 11.7. The van der Waals surface area contributed by atoms with Crippen LogP contribution in [0.1, 0.15) is 36.5 Å². The number of aryl methyl sites for hydroxylation is 1. The molecule has 2 N–H and O–H groups in total. The van der Waals surface area contributed by atoms with Crippen molar-refractivity contribution in [3.05, 3.63) is 11.4 Å². The van der Waals surface area contributed by atoms with E-state index in [-0.39, 0.29) is 30.4 Å². The Morgan fingerprint density at radius 1 is 1.40 bits per heavy atom. The van der Waals surface area contributed by atoms with Crippen LogP contribution in [-0.2, 0) is 27.7 Å². The highest BCUT2D eigenvalue weighted by molar-refractivity contribution is 7.91. The topological polar surface area (TPSA) is 117 Å². The average Bonchev–Trinajstić information content (AvgIpc) is 2.82. The summed E-state index contributed by atoms with van der Waals surface area (Å²) in [7, 11) is -3.01. The fraction of sp³-hybridized carbons (Fsp3) is 0.727. The van der Waals surface area contributed by atoms with Gasteiger partial charge in [-0.1, -0.05) is 12.1 Å². The number of carbonyl (C=O) groups excluding carboxylic acids is 1. The van der Waals surface area contributed by atoms with E-state index in [0.29, 0.717) is 18.7 Å². The van der Waals surface area contributed by atoms with Gasteiger partial charge in [-0.05, 0) is 13.3 Å². The molecule has 1 heterocycles. The average molecular weight is 304 g/mol. The molecule has 20 heavy (non-hydrogen) atoms. The van der Waals surface area contributed by atoms with Gasteiger partial charge in [0.15, 0.2) is 5.69 Å². The quantitative estimate of drug-likeness (QED) is 0.657. The molecule has 114 valence electrons. The van der Waals surface area contributed by atoms with Crippen molar-refractivity contribution < 1.29 is 17.9 Å². The van der Waals surface area contributed by atoms with E-state index in [4.69, 9.17) is 10.5 Å². The minimum absolute atomic E-state index is 0.0715. The first kappa shape index (κ1) is 16.6. The van der Waals surface area contributed by atoms with Crippen molar-refractivity contribution in [2.75, 3.05) is 18.1 Å². The molecule has 0 saturated heterocycles. The molecule has 0 aromatic carbocycles. The van der Waals surface area contributed by atoms with Gasteiger partial charge in [0.2, 0.25) is 0 Å². The number of esters is 1. The highest BCUT2D eigenvalue weighted by Crippen LogP contribution is 2.08. The highest BCUT2D eigenvalue weighted by Gasteiger charge is 2.19. The van der Waals surface area contributed by atoms with E-state index in [1.165, 1.54) is 4.68 Å². The summed E-state index contributed by atoms with van der Waals surface area (Å²) in [4.78, 5) is 11.6. The molecule has 0 spiro atoms. The first-order valence-corrected chi connectivity index (χ1v) is 8.27. The third-order valence-corrected chi connectivity index (χ3v) is 4.56. The first-order valence-electron chi connectivity index (χ1n) is 6.45. The summed E-state index contributed by atoms with van der Waals surface area (Å²) < 4.78 is 29.1. The maximum Gasteiger partial charge on any atom is 0.360 e. The van der Waals surface area contributed by atoms with E-state index in [0.717, 1.165) is 0 Å². The molecule has 1 rings (SSSR count). The molecule has 0 saturated carbocycles. The van der Waals surface area contributed by atoms with Crippen LogP contribution in [0.4, 0.5) is 0 Å². The summed E-state index contributed by atoms with van der Waals surface area (Å²) in [5.74, 6) is -0.384. The number of nitrogens with zero attached hydrogens (tertiary/aromatic N) is 3. The van der Waals surface area contributed by atoms with E-state index < -0.39 is 15.8 Å². The Bertz CT molecular complexity index is 553. The van der Waals surface area contributed by atoms with Crippen LogP contribution in [0.15, 0.2) is 0 Å². The summed E-state index contributed by atoms with van der Waals surface area (Å²) in [6.07, 6.45) is 0.398. The molecule has 8 nitrogen and oxygen atoms in total. The summed E-state index contributed by atoms with van der Waals surface area (Å²) in [6.45, 7) is 3.97. The molecule has 0 bridgehead atoms. The van der Waals surface area contributed by atoms with Crippen molar-refractivity contribution in [2.24, 2.45) is 5.73 Å². The van der Waals surface area contributed by atoms with Crippen LogP contribution in [0.5, 0.6) is 0 Å². The molecule has 0 aliphatic carbocycles. The summed E-state index contributed by atoms with van der Waals surface area (Å²) >= 11 is 0. The molecule has 1 aromatic rings. The summed E-state index contributed by atoms with van der Waals surface area (Å²) in [6, 6.07) is 0. The van der Waals surface area contributed by atoms with Crippen LogP contribution in [0.2, 0.25) is 0 Å². The van der Waals surface area contributed by atoms with E-state index in [1.54, 1.807) is 13.8 Å². The fourth-order valence-electron chi connectivity index (χ4n) is 1.65. The van der Waals surface area contributed by atoms with Crippen molar-refractivity contribution in [1.29, 1.82) is 0 Å². The SMILES string of the molecule is CCOC(=O)c1nnn(CCCS(=O)(=O)CC)c1CN. The maximum atomic E-state index is 11.6. The molecule has 1 aromatic heterocycles. The molecule has 0 aliphatic rings. The lowest BCUT2D eigenvalue weighted by atomic mass is 10.3. The predicted molar refractivity (Wildman–Crippen MR) is 72.8 cm³/mol. The van der Waals surface area contributed by atoms with Crippen LogP contribution in [0.3, 0.4) is 0 Å². The Morgan fingerprint density at radius 2 is 2.10 bits per heavy atom. The minimum atomic E-state index is -3.01. The summed E-state index contributed by atoms with van der Waals surface area (Å²) in [5.41, 5.74) is 6.13. The number of ether oxygens (including phenoxy) is 1. The molecular weight excluding hydrogens is 284 g/mol. The van der Waals surface area contributed by atoms with Gasteiger partial charge in [0, 0.05) is 18.8 Å². The summed E-state index contributed by atoms with van der Waals surface area (Å²) in [5, 5.41) is 7.58. The van der Waals surface area contributed by atoms with Crippen LogP contribution in [-0.4, -0.2) is 47.5 Å². The van der Waals surface area contributed by atoms with Crippen molar-refractivity contribution in [3.8, 4) is 0 Å². The van der Waals surface area contributed by atoms with Crippen LogP contribution in [0.25, 0.3) is 0 Å². The number of nitrogens with two attached hydrogens (primary N) is 1. The van der Waals surface area contributed by atoms with Gasteiger partial charge in [-0.25, -0.2) is 17.9 Å². The second kappa shape index (κ2) is 7.34. The van der Waals surface area contributed by atoms with Crippen molar-refractivity contribution in [1.82, 2.24) is 15.0 Å². The standard InChI is InChI=1S/C11H20N4O4S/c1-3-19-11(16)10-9(8-12)15(14-13-10)6-5-7-20(17,18)4-2/h3-8,12H2,1-2H3. The molecule has 0 unspecified atom stereocenters. The van der Waals surface area contributed by atoms with Gasteiger partial charge >= 0.3 is 5.97 Å². The van der Waals surface area contributed by atoms with Gasteiger partial charge in [-0.2, -0.15) is 0 Å². The molecule has 9 heteroatoms. The minimum Gasteiger partial charge on any atom is -0.461 e. The van der Waals surface area contributed by atoms with Gasteiger partial charge in [0.05, 0.1) is 18.1 Å². The van der Waals surface area contributed by atoms with Crippen molar-refractivity contribution in [3.63, 3.8) is 0 Å². The molecule has 0 atom stereocenters. The number of hydrogen-bond acceptors (Lipinski definition) is 7. The van der Waals surface area contributed by atoms with Gasteiger partial charge in [0.1, 0.15) is 9.84 Å². The Morgan fingerprint density at radius 3 is 2.65 bits per heavy atom. The second-order valence-electron chi connectivity index (χ2n) is 4.12. The van der Waals surface area contributed by atoms with E-state index in [2.05, 4.69) is 10.3 Å².